The number of rotatable bonds is 5. The molecule has 4 heteroatoms. The molecule has 4 nitrogen and oxygen atoms in total. The van der Waals surface area contributed by atoms with Gasteiger partial charge in [0.25, 0.3) is 0 Å². The van der Waals surface area contributed by atoms with E-state index in [4.69, 9.17) is 15.2 Å². The van der Waals surface area contributed by atoms with Crippen molar-refractivity contribution in [1.29, 1.82) is 0 Å². The first-order chi connectivity index (χ1) is 11.2. The van der Waals surface area contributed by atoms with Crippen molar-refractivity contribution in [2.24, 2.45) is 0 Å². The Labute approximate surface area is 137 Å². The molecule has 0 spiro atoms. The van der Waals surface area contributed by atoms with Gasteiger partial charge >= 0.3 is 0 Å². The monoisotopic (exact) mass is 312 g/mol. The van der Waals surface area contributed by atoms with Crippen LogP contribution in [0.5, 0.6) is 11.5 Å². The number of aryl methyl sites for hydroxylation is 1. The Morgan fingerprint density at radius 3 is 2.91 bits per heavy atom. The van der Waals surface area contributed by atoms with Crippen molar-refractivity contribution in [1.82, 2.24) is 0 Å². The molecule has 0 saturated carbocycles. The first-order valence-corrected chi connectivity index (χ1v) is 8.16. The Bertz CT molecular complexity index is 672. The van der Waals surface area contributed by atoms with Crippen LogP contribution in [0, 0.1) is 6.92 Å². The topological polar surface area (TPSA) is 47.7 Å². The van der Waals surface area contributed by atoms with Crippen molar-refractivity contribution < 1.29 is 9.47 Å². The molecule has 2 N–H and O–H groups in total. The quantitative estimate of drug-likeness (QED) is 0.856. The summed E-state index contributed by atoms with van der Waals surface area (Å²) in [5, 5.41) is 0. The Hall–Kier alpha value is -2.36. The summed E-state index contributed by atoms with van der Waals surface area (Å²) in [6, 6.07) is 14.0. The van der Waals surface area contributed by atoms with Gasteiger partial charge in [-0.15, -0.1) is 0 Å². The number of hydrogen-bond acceptors (Lipinski definition) is 4. The molecule has 122 valence electrons. The normalized spacial score (nSPS) is 16.6. The van der Waals surface area contributed by atoms with Crippen molar-refractivity contribution >= 4 is 11.4 Å². The SMILES string of the molecule is CCC1CN(CCOc2cccc(C)c2)c2cc(N)ccc2O1. The van der Waals surface area contributed by atoms with Gasteiger partial charge in [0.15, 0.2) is 0 Å². The lowest BCUT2D eigenvalue weighted by molar-refractivity contribution is 0.186. The number of hydrogen-bond donors (Lipinski definition) is 1. The highest BCUT2D eigenvalue weighted by atomic mass is 16.5. The van der Waals surface area contributed by atoms with E-state index in [1.165, 1.54) is 5.56 Å². The fourth-order valence-electron chi connectivity index (χ4n) is 2.85. The molecule has 2 aromatic carbocycles. The maximum Gasteiger partial charge on any atom is 0.143 e. The van der Waals surface area contributed by atoms with Crippen LogP contribution in [-0.4, -0.2) is 25.8 Å². The Balaban J connectivity index is 1.68. The van der Waals surface area contributed by atoms with Crippen LogP contribution >= 0.6 is 0 Å². The summed E-state index contributed by atoms with van der Waals surface area (Å²) in [4.78, 5) is 2.30. The van der Waals surface area contributed by atoms with Gasteiger partial charge in [-0.3, -0.25) is 0 Å². The minimum absolute atomic E-state index is 0.213. The van der Waals surface area contributed by atoms with Gasteiger partial charge in [-0.1, -0.05) is 19.1 Å². The second kappa shape index (κ2) is 6.82. The molecule has 1 aliphatic heterocycles. The number of fused-ring (bicyclic) bond motifs is 1. The highest BCUT2D eigenvalue weighted by Gasteiger charge is 2.24. The fourth-order valence-corrected chi connectivity index (χ4v) is 2.85. The zero-order valence-corrected chi connectivity index (χ0v) is 13.8. The van der Waals surface area contributed by atoms with Gasteiger partial charge in [0.1, 0.15) is 24.2 Å². The molecule has 0 fully saturated rings. The van der Waals surface area contributed by atoms with Gasteiger partial charge in [0.05, 0.1) is 18.8 Å². The van der Waals surface area contributed by atoms with Crippen molar-refractivity contribution in [3.63, 3.8) is 0 Å². The van der Waals surface area contributed by atoms with Gasteiger partial charge in [-0.25, -0.2) is 0 Å². The van der Waals surface area contributed by atoms with Crippen LogP contribution in [0.15, 0.2) is 42.5 Å². The molecule has 3 rings (SSSR count). The summed E-state index contributed by atoms with van der Waals surface area (Å²) < 4.78 is 11.9. The van der Waals surface area contributed by atoms with Gasteiger partial charge < -0.3 is 20.1 Å². The molecule has 0 bridgehead atoms. The third-order valence-corrected chi connectivity index (χ3v) is 4.12. The van der Waals surface area contributed by atoms with E-state index in [9.17, 15) is 0 Å². The predicted octanol–water partition coefficient (Wildman–Crippen LogP) is 3.63. The predicted molar refractivity (Wildman–Crippen MR) is 94.4 cm³/mol. The lowest BCUT2D eigenvalue weighted by Crippen LogP contribution is -2.41. The number of nitrogens with zero attached hydrogens (tertiary/aromatic N) is 1. The molecule has 0 saturated heterocycles. The Kier molecular flexibility index (Phi) is 4.60. The van der Waals surface area contributed by atoms with E-state index in [0.717, 1.165) is 42.4 Å². The second-order valence-electron chi connectivity index (χ2n) is 5.99. The van der Waals surface area contributed by atoms with Crippen molar-refractivity contribution in [3.05, 3.63) is 48.0 Å². The number of ether oxygens (including phenoxy) is 2. The molecule has 1 atom stereocenters. The van der Waals surface area contributed by atoms with E-state index in [1.807, 2.05) is 30.3 Å². The van der Waals surface area contributed by atoms with Crippen LogP contribution in [-0.2, 0) is 0 Å². The van der Waals surface area contributed by atoms with E-state index >= 15 is 0 Å². The first kappa shape index (κ1) is 15.5. The molecule has 0 aliphatic carbocycles. The molecule has 1 heterocycles. The summed E-state index contributed by atoms with van der Waals surface area (Å²) >= 11 is 0. The Morgan fingerprint density at radius 1 is 1.26 bits per heavy atom. The van der Waals surface area contributed by atoms with E-state index < -0.39 is 0 Å². The van der Waals surface area contributed by atoms with Crippen molar-refractivity contribution in [3.8, 4) is 11.5 Å². The smallest absolute Gasteiger partial charge is 0.143 e. The second-order valence-corrected chi connectivity index (χ2v) is 5.99. The van der Waals surface area contributed by atoms with Crippen LogP contribution in [0.25, 0.3) is 0 Å². The average molecular weight is 312 g/mol. The molecule has 1 unspecified atom stereocenters. The summed E-state index contributed by atoms with van der Waals surface area (Å²) in [6.45, 7) is 6.52. The van der Waals surface area contributed by atoms with E-state index in [2.05, 4.69) is 30.9 Å². The summed E-state index contributed by atoms with van der Waals surface area (Å²) in [5.41, 5.74) is 8.95. The highest BCUT2D eigenvalue weighted by molar-refractivity contribution is 5.66. The average Bonchev–Trinajstić information content (AvgIpc) is 2.55. The molecule has 2 aromatic rings. The molecule has 0 radical (unpaired) electrons. The zero-order valence-electron chi connectivity index (χ0n) is 13.8. The molecular formula is C19H24N2O2. The summed E-state index contributed by atoms with van der Waals surface area (Å²) in [7, 11) is 0. The van der Waals surface area contributed by atoms with Gasteiger partial charge in [-0.2, -0.15) is 0 Å². The summed E-state index contributed by atoms with van der Waals surface area (Å²) in [5.74, 6) is 1.82. The molecule has 1 aliphatic rings. The number of nitrogens with two attached hydrogens (primary N) is 1. The van der Waals surface area contributed by atoms with Crippen molar-refractivity contribution in [2.75, 3.05) is 30.3 Å². The zero-order chi connectivity index (χ0) is 16.2. The van der Waals surface area contributed by atoms with E-state index in [1.54, 1.807) is 0 Å². The number of anilines is 2. The highest BCUT2D eigenvalue weighted by Crippen LogP contribution is 2.35. The maximum absolute atomic E-state index is 6.01. The molecular weight excluding hydrogens is 288 g/mol. The van der Waals surface area contributed by atoms with Gasteiger partial charge in [0, 0.05) is 5.69 Å². The standard InChI is InChI=1S/C19H24N2O2/c1-3-16-13-21(18-12-15(20)7-8-19(18)23-16)9-10-22-17-6-4-5-14(2)11-17/h4-8,11-12,16H,3,9-10,13,20H2,1-2H3. The third kappa shape index (κ3) is 3.70. The lowest BCUT2D eigenvalue weighted by atomic mass is 10.1. The van der Waals surface area contributed by atoms with Crippen molar-refractivity contribution in [2.45, 2.75) is 26.4 Å². The van der Waals surface area contributed by atoms with E-state index in [0.29, 0.717) is 6.61 Å². The Morgan fingerprint density at radius 2 is 2.13 bits per heavy atom. The van der Waals surface area contributed by atoms with Gasteiger partial charge in [0.2, 0.25) is 0 Å². The van der Waals surface area contributed by atoms with Crippen LogP contribution in [0.4, 0.5) is 11.4 Å². The lowest BCUT2D eigenvalue weighted by Gasteiger charge is -2.36. The van der Waals surface area contributed by atoms with E-state index in [-0.39, 0.29) is 6.10 Å². The fraction of sp³-hybridized carbons (Fsp3) is 0.368. The largest absolute Gasteiger partial charge is 0.492 e. The minimum atomic E-state index is 0.213. The van der Waals surface area contributed by atoms with Crippen LogP contribution in [0.1, 0.15) is 18.9 Å². The minimum Gasteiger partial charge on any atom is -0.492 e. The third-order valence-electron chi connectivity index (χ3n) is 4.12. The van der Waals surface area contributed by atoms with Gasteiger partial charge in [-0.05, 0) is 49.2 Å². The molecule has 0 aromatic heterocycles. The van der Waals surface area contributed by atoms with Crippen LogP contribution in [0.2, 0.25) is 0 Å². The van der Waals surface area contributed by atoms with Crippen LogP contribution < -0.4 is 20.1 Å². The molecule has 23 heavy (non-hydrogen) atoms. The van der Waals surface area contributed by atoms with Crippen LogP contribution in [0.3, 0.4) is 0 Å². The number of benzene rings is 2. The first-order valence-electron chi connectivity index (χ1n) is 8.16. The molecule has 0 amide bonds. The summed E-state index contributed by atoms with van der Waals surface area (Å²) in [6.07, 6.45) is 1.20. The maximum atomic E-state index is 6.01. The number of nitrogen functional groups attached to an aromatic ring is 1.